The second-order valence-electron chi connectivity index (χ2n) is 5.80. The molecule has 0 unspecified atom stereocenters. The number of nitrogens with one attached hydrogen (secondary N) is 2. The number of hydrogen-bond donors (Lipinski definition) is 2. The quantitative estimate of drug-likeness (QED) is 0.801. The lowest BCUT2D eigenvalue weighted by Crippen LogP contribution is -2.23. The summed E-state index contributed by atoms with van der Waals surface area (Å²) < 4.78 is 1.07. The first kappa shape index (κ1) is 15.3. The minimum absolute atomic E-state index is 0.545. The Balaban J connectivity index is 1.72. The van der Waals surface area contributed by atoms with Gasteiger partial charge in [-0.1, -0.05) is 35.2 Å². The van der Waals surface area contributed by atoms with Gasteiger partial charge in [0.1, 0.15) is 17.5 Å². The number of aryl methyl sites for hydroxylation is 1. The zero-order chi connectivity index (χ0) is 15.4. The van der Waals surface area contributed by atoms with Gasteiger partial charge in [-0.25, -0.2) is 9.97 Å². The van der Waals surface area contributed by atoms with Gasteiger partial charge in [-0.05, 0) is 44.0 Å². The van der Waals surface area contributed by atoms with Crippen LogP contribution in [-0.4, -0.2) is 16.0 Å². The predicted molar refractivity (Wildman–Crippen MR) is 94.7 cm³/mol. The minimum Gasteiger partial charge on any atom is -0.367 e. The van der Waals surface area contributed by atoms with Crippen LogP contribution in [0.25, 0.3) is 0 Å². The molecule has 1 aliphatic rings. The van der Waals surface area contributed by atoms with Crippen LogP contribution in [0.15, 0.2) is 34.8 Å². The van der Waals surface area contributed by atoms with Crippen molar-refractivity contribution in [3.05, 3.63) is 40.6 Å². The van der Waals surface area contributed by atoms with E-state index in [9.17, 15) is 0 Å². The Kier molecular flexibility index (Phi) is 4.93. The molecule has 0 amide bonds. The van der Waals surface area contributed by atoms with E-state index in [4.69, 9.17) is 0 Å². The maximum atomic E-state index is 4.51. The Labute approximate surface area is 139 Å². The van der Waals surface area contributed by atoms with Crippen molar-refractivity contribution in [3.8, 4) is 0 Å². The lowest BCUT2D eigenvalue weighted by molar-refractivity contribution is 0.462. The molecule has 1 aromatic carbocycles. The normalized spacial score (nSPS) is 15.5. The number of aromatic nitrogens is 2. The van der Waals surface area contributed by atoms with Crippen LogP contribution in [0.1, 0.15) is 37.9 Å². The van der Waals surface area contributed by atoms with Crippen molar-refractivity contribution in [1.82, 2.24) is 9.97 Å². The number of benzene rings is 1. The highest BCUT2D eigenvalue weighted by Crippen LogP contribution is 2.23. The van der Waals surface area contributed by atoms with E-state index in [1.165, 1.54) is 32.1 Å². The fourth-order valence-corrected chi connectivity index (χ4v) is 3.11. The minimum atomic E-state index is 0.545. The molecule has 1 heterocycles. The maximum absolute atomic E-state index is 4.51. The molecule has 5 heteroatoms. The van der Waals surface area contributed by atoms with Crippen LogP contribution in [-0.2, 0) is 0 Å². The Morgan fingerprint density at radius 2 is 1.68 bits per heavy atom. The monoisotopic (exact) mass is 360 g/mol. The van der Waals surface area contributed by atoms with Crippen molar-refractivity contribution in [2.24, 2.45) is 0 Å². The lowest BCUT2D eigenvalue weighted by atomic mass is 9.95. The van der Waals surface area contributed by atoms with Gasteiger partial charge in [-0.3, -0.25) is 0 Å². The third-order valence-electron chi connectivity index (χ3n) is 3.91. The molecule has 1 aromatic heterocycles. The summed E-state index contributed by atoms with van der Waals surface area (Å²) in [6, 6.07) is 10.6. The van der Waals surface area contributed by atoms with Crippen LogP contribution in [0.4, 0.5) is 17.3 Å². The molecule has 1 aliphatic carbocycles. The fraction of sp³-hybridized carbons (Fsp3) is 0.412. The predicted octanol–water partition coefficient (Wildman–Crippen LogP) is 5.04. The zero-order valence-electron chi connectivity index (χ0n) is 12.8. The van der Waals surface area contributed by atoms with Gasteiger partial charge in [0, 0.05) is 22.3 Å². The van der Waals surface area contributed by atoms with E-state index < -0.39 is 0 Å². The van der Waals surface area contributed by atoms with Gasteiger partial charge in [0.25, 0.3) is 0 Å². The molecule has 0 atom stereocenters. The van der Waals surface area contributed by atoms with E-state index in [0.29, 0.717) is 6.04 Å². The summed E-state index contributed by atoms with van der Waals surface area (Å²) in [4.78, 5) is 8.98. The van der Waals surface area contributed by atoms with Crippen LogP contribution < -0.4 is 10.6 Å². The highest BCUT2D eigenvalue weighted by Gasteiger charge is 2.14. The van der Waals surface area contributed by atoms with Crippen molar-refractivity contribution in [1.29, 1.82) is 0 Å². The van der Waals surface area contributed by atoms with E-state index in [0.717, 1.165) is 27.6 Å². The van der Waals surface area contributed by atoms with E-state index in [1.54, 1.807) is 0 Å². The molecular weight excluding hydrogens is 340 g/mol. The molecule has 0 bridgehead atoms. The molecule has 22 heavy (non-hydrogen) atoms. The largest absolute Gasteiger partial charge is 0.367 e. The van der Waals surface area contributed by atoms with Crippen LogP contribution in [0, 0.1) is 6.92 Å². The van der Waals surface area contributed by atoms with Gasteiger partial charge < -0.3 is 10.6 Å². The third kappa shape index (κ3) is 4.19. The van der Waals surface area contributed by atoms with E-state index >= 15 is 0 Å². The number of nitrogens with zero attached hydrogens (tertiary/aromatic N) is 2. The summed E-state index contributed by atoms with van der Waals surface area (Å²) in [5, 5.41) is 6.90. The SMILES string of the molecule is Cc1nc(Nc2ccc(Br)cc2)cc(NC2CCCCC2)n1. The molecule has 2 aromatic rings. The van der Waals surface area contributed by atoms with Crippen LogP contribution in [0.2, 0.25) is 0 Å². The van der Waals surface area contributed by atoms with Gasteiger partial charge in [0.05, 0.1) is 0 Å². The molecule has 1 saturated carbocycles. The first-order valence-electron chi connectivity index (χ1n) is 7.84. The molecule has 3 rings (SSSR count). The zero-order valence-corrected chi connectivity index (χ0v) is 14.4. The molecule has 0 aliphatic heterocycles. The molecule has 2 N–H and O–H groups in total. The van der Waals surface area contributed by atoms with Crippen molar-refractivity contribution in [2.45, 2.75) is 45.1 Å². The first-order chi connectivity index (χ1) is 10.7. The fourth-order valence-electron chi connectivity index (χ4n) is 2.84. The second kappa shape index (κ2) is 7.09. The smallest absolute Gasteiger partial charge is 0.136 e. The van der Waals surface area contributed by atoms with E-state index in [1.807, 2.05) is 37.3 Å². The molecule has 1 fully saturated rings. The van der Waals surface area contributed by atoms with Crippen LogP contribution in [0.5, 0.6) is 0 Å². The summed E-state index contributed by atoms with van der Waals surface area (Å²) in [7, 11) is 0. The van der Waals surface area contributed by atoms with Crippen molar-refractivity contribution in [2.75, 3.05) is 10.6 Å². The number of halogens is 1. The number of anilines is 3. The standard InChI is InChI=1S/C17H21BrN4/c1-12-19-16(21-14-5-3-2-4-6-14)11-17(20-12)22-15-9-7-13(18)8-10-15/h7-11,14H,2-6H2,1H3,(H2,19,20,21,22). The van der Waals surface area contributed by atoms with E-state index in [-0.39, 0.29) is 0 Å². The van der Waals surface area contributed by atoms with Crippen molar-refractivity contribution in [3.63, 3.8) is 0 Å². The number of hydrogen-bond acceptors (Lipinski definition) is 4. The average Bonchev–Trinajstić information content (AvgIpc) is 2.50. The third-order valence-corrected chi connectivity index (χ3v) is 4.44. The summed E-state index contributed by atoms with van der Waals surface area (Å²) in [6.45, 7) is 1.93. The number of rotatable bonds is 4. The summed E-state index contributed by atoms with van der Waals surface area (Å²) >= 11 is 3.45. The van der Waals surface area contributed by atoms with Gasteiger partial charge >= 0.3 is 0 Å². The van der Waals surface area contributed by atoms with Crippen LogP contribution >= 0.6 is 15.9 Å². The highest BCUT2D eigenvalue weighted by atomic mass is 79.9. The summed E-state index contributed by atoms with van der Waals surface area (Å²) in [5.41, 5.74) is 1.02. The Bertz CT molecular complexity index is 621. The van der Waals surface area contributed by atoms with Gasteiger partial charge in [0.15, 0.2) is 0 Å². The molecule has 0 saturated heterocycles. The van der Waals surface area contributed by atoms with E-state index in [2.05, 4.69) is 36.5 Å². The summed E-state index contributed by atoms with van der Waals surface area (Å²) in [6.07, 6.45) is 6.45. The summed E-state index contributed by atoms with van der Waals surface area (Å²) in [5.74, 6) is 2.52. The van der Waals surface area contributed by atoms with Crippen molar-refractivity contribution >= 4 is 33.3 Å². The molecule has 0 spiro atoms. The Morgan fingerprint density at radius 3 is 2.41 bits per heavy atom. The highest BCUT2D eigenvalue weighted by molar-refractivity contribution is 9.10. The van der Waals surface area contributed by atoms with Crippen molar-refractivity contribution < 1.29 is 0 Å². The Morgan fingerprint density at radius 1 is 1.00 bits per heavy atom. The molecule has 0 radical (unpaired) electrons. The van der Waals surface area contributed by atoms with Gasteiger partial charge in [-0.2, -0.15) is 0 Å². The lowest BCUT2D eigenvalue weighted by Gasteiger charge is -2.23. The average molecular weight is 361 g/mol. The van der Waals surface area contributed by atoms with Crippen LogP contribution in [0.3, 0.4) is 0 Å². The topological polar surface area (TPSA) is 49.8 Å². The first-order valence-corrected chi connectivity index (χ1v) is 8.63. The Hall–Kier alpha value is -1.62. The molecule has 116 valence electrons. The van der Waals surface area contributed by atoms with Gasteiger partial charge in [-0.15, -0.1) is 0 Å². The van der Waals surface area contributed by atoms with Gasteiger partial charge in [0.2, 0.25) is 0 Å². The second-order valence-corrected chi connectivity index (χ2v) is 6.71. The maximum Gasteiger partial charge on any atom is 0.136 e. The molecule has 4 nitrogen and oxygen atoms in total. The molecular formula is C17H21BrN4.